The van der Waals surface area contributed by atoms with Gasteiger partial charge in [-0.15, -0.1) is 21.8 Å². The monoisotopic (exact) mass is 178 g/mol. The van der Waals surface area contributed by atoms with E-state index in [9.17, 15) is 0 Å². The fraction of sp³-hybridized carbons (Fsp3) is 0.500. The maximum Gasteiger partial charge on any atom is 0.209 e. The molecule has 6 heteroatoms. The molecule has 0 aromatic carbocycles. The molecule has 1 aromatic rings. The smallest absolute Gasteiger partial charge is 0.209 e. The second kappa shape index (κ2) is 3.12. The van der Waals surface area contributed by atoms with Gasteiger partial charge in [0.25, 0.3) is 0 Å². The molecule has 1 heterocycles. The lowest BCUT2D eigenvalue weighted by molar-refractivity contribution is 0.821. The molecule has 0 atom stereocenters. The Hall–Kier alpha value is -0.420. The Morgan fingerprint density at radius 3 is 2.70 bits per heavy atom. The molecule has 0 aliphatic rings. The van der Waals surface area contributed by atoms with Gasteiger partial charge >= 0.3 is 0 Å². The van der Waals surface area contributed by atoms with E-state index in [0.717, 1.165) is 0 Å². The Bertz CT molecular complexity index is 202. The van der Waals surface area contributed by atoms with E-state index in [2.05, 4.69) is 10.2 Å². The molecule has 10 heavy (non-hydrogen) atoms. The molecule has 0 radical (unpaired) electrons. The van der Waals surface area contributed by atoms with E-state index in [0.29, 0.717) is 16.9 Å². The summed E-state index contributed by atoms with van der Waals surface area (Å²) in [7, 11) is 0. The van der Waals surface area contributed by atoms with Gasteiger partial charge in [-0.3, -0.25) is 0 Å². The Balaban J connectivity index is 2.97. The van der Waals surface area contributed by atoms with Gasteiger partial charge in [-0.05, 0) is 6.26 Å². The van der Waals surface area contributed by atoms with E-state index >= 15 is 0 Å². The molecule has 0 unspecified atom stereocenters. The maximum atomic E-state index is 5.51. The van der Waals surface area contributed by atoms with Crippen molar-refractivity contribution in [1.82, 2.24) is 14.9 Å². The van der Waals surface area contributed by atoms with Crippen LogP contribution in [0.4, 0.5) is 0 Å². The summed E-state index contributed by atoms with van der Waals surface area (Å²) in [5.74, 6) is 6.40. The highest BCUT2D eigenvalue weighted by molar-refractivity contribution is 7.98. The lowest BCUT2D eigenvalue weighted by Gasteiger charge is -1.96. The van der Waals surface area contributed by atoms with Crippen LogP contribution in [0.15, 0.2) is 5.16 Å². The number of alkyl halides is 1. The fourth-order valence-electron chi connectivity index (χ4n) is 0.538. The van der Waals surface area contributed by atoms with Crippen LogP contribution in [0.1, 0.15) is 5.82 Å². The molecule has 0 aliphatic carbocycles. The summed E-state index contributed by atoms with van der Waals surface area (Å²) in [5.41, 5.74) is 0. The first-order valence-corrected chi connectivity index (χ1v) is 4.35. The molecule has 0 aliphatic heterocycles. The Labute approximate surface area is 67.7 Å². The van der Waals surface area contributed by atoms with Crippen molar-refractivity contribution >= 4 is 23.4 Å². The number of aromatic nitrogens is 3. The van der Waals surface area contributed by atoms with Crippen molar-refractivity contribution in [2.45, 2.75) is 11.0 Å². The topological polar surface area (TPSA) is 56.7 Å². The van der Waals surface area contributed by atoms with Crippen molar-refractivity contribution in [2.24, 2.45) is 0 Å². The number of thioether (sulfide) groups is 1. The molecule has 0 saturated heterocycles. The molecule has 1 rings (SSSR count). The minimum atomic E-state index is 0.296. The highest BCUT2D eigenvalue weighted by atomic mass is 35.5. The highest BCUT2D eigenvalue weighted by Gasteiger charge is 2.05. The molecule has 1 aromatic heterocycles. The maximum absolute atomic E-state index is 5.51. The van der Waals surface area contributed by atoms with E-state index in [1.165, 1.54) is 16.4 Å². The van der Waals surface area contributed by atoms with E-state index < -0.39 is 0 Å². The number of halogens is 1. The molecular weight excluding hydrogens is 172 g/mol. The lowest BCUT2D eigenvalue weighted by Crippen LogP contribution is -2.12. The number of nitrogens with two attached hydrogens (primary N) is 1. The summed E-state index contributed by atoms with van der Waals surface area (Å²) in [6.07, 6.45) is 1.88. The Morgan fingerprint density at radius 1 is 1.70 bits per heavy atom. The van der Waals surface area contributed by atoms with Gasteiger partial charge in [0.05, 0.1) is 5.88 Å². The average molecular weight is 179 g/mol. The molecule has 2 N–H and O–H groups in total. The summed E-state index contributed by atoms with van der Waals surface area (Å²) >= 11 is 6.93. The van der Waals surface area contributed by atoms with Gasteiger partial charge in [-0.2, -0.15) is 0 Å². The van der Waals surface area contributed by atoms with Crippen LogP contribution >= 0.6 is 23.4 Å². The van der Waals surface area contributed by atoms with Crippen molar-refractivity contribution in [3.05, 3.63) is 5.82 Å². The highest BCUT2D eigenvalue weighted by Crippen LogP contribution is 2.10. The summed E-state index contributed by atoms with van der Waals surface area (Å²) in [6, 6.07) is 0. The normalized spacial score (nSPS) is 10.2. The van der Waals surface area contributed by atoms with Gasteiger partial charge in [0.1, 0.15) is 0 Å². The van der Waals surface area contributed by atoms with E-state index in [-0.39, 0.29) is 0 Å². The lowest BCUT2D eigenvalue weighted by atomic mass is 10.7. The Morgan fingerprint density at radius 2 is 2.40 bits per heavy atom. The first-order valence-electron chi connectivity index (χ1n) is 2.59. The summed E-state index contributed by atoms with van der Waals surface area (Å²) in [4.78, 5) is 0. The van der Waals surface area contributed by atoms with Gasteiger partial charge in [0.15, 0.2) is 5.82 Å². The standard InChI is InChI=1S/C4H7ClN4S/c1-10-4-8-7-3(2-5)9(4)6/h2,6H2,1H3. The van der Waals surface area contributed by atoms with Crippen LogP contribution in [-0.2, 0) is 5.88 Å². The van der Waals surface area contributed by atoms with Gasteiger partial charge in [0, 0.05) is 0 Å². The van der Waals surface area contributed by atoms with Gasteiger partial charge in [-0.25, -0.2) is 4.68 Å². The quantitative estimate of drug-likeness (QED) is 0.406. The average Bonchev–Trinajstić information content (AvgIpc) is 2.30. The first-order chi connectivity index (χ1) is 4.79. The molecule has 56 valence electrons. The molecule has 0 spiro atoms. The third-order valence-corrected chi connectivity index (χ3v) is 1.92. The van der Waals surface area contributed by atoms with E-state index in [1.54, 1.807) is 0 Å². The van der Waals surface area contributed by atoms with E-state index in [4.69, 9.17) is 17.4 Å². The second-order valence-electron chi connectivity index (χ2n) is 1.61. The fourth-order valence-corrected chi connectivity index (χ4v) is 1.14. The third kappa shape index (κ3) is 1.19. The third-order valence-electron chi connectivity index (χ3n) is 1.04. The number of hydrogen-bond acceptors (Lipinski definition) is 4. The van der Waals surface area contributed by atoms with E-state index in [1.807, 2.05) is 6.26 Å². The molecule has 4 nitrogen and oxygen atoms in total. The predicted octanol–water partition coefficient (Wildman–Crippen LogP) is 0.453. The molecule has 0 amide bonds. The zero-order chi connectivity index (χ0) is 7.56. The second-order valence-corrected chi connectivity index (χ2v) is 2.65. The number of rotatable bonds is 2. The SMILES string of the molecule is CSc1nnc(CCl)n1N. The Kier molecular flexibility index (Phi) is 2.39. The van der Waals surface area contributed by atoms with Crippen LogP contribution in [0.25, 0.3) is 0 Å². The summed E-state index contributed by atoms with van der Waals surface area (Å²) in [5, 5.41) is 8.19. The van der Waals surface area contributed by atoms with Crippen LogP contribution in [0.2, 0.25) is 0 Å². The van der Waals surface area contributed by atoms with Crippen LogP contribution in [-0.4, -0.2) is 21.1 Å². The predicted molar refractivity (Wildman–Crippen MR) is 41.5 cm³/mol. The first kappa shape index (κ1) is 7.68. The minimum absolute atomic E-state index is 0.296. The van der Waals surface area contributed by atoms with Gasteiger partial charge in [-0.1, -0.05) is 11.8 Å². The molecule has 0 fully saturated rings. The van der Waals surface area contributed by atoms with Crippen molar-refractivity contribution in [2.75, 3.05) is 12.1 Å². The number of hydrogen-bond donors (Lipinski definition) is 1. The van der Waals surface area contributed by atoms with Crippen molar-refractivity contribution in [1.29, 1.82) is 0 Å². The van der Waals surface area contributed by atoms with Crippen molar-refractivity contribution in [3.8, 4) is 0 Å². The zero-order valence-electron chi connectivity index (χ0n) is 5.41. The van der Waals surface area contributed by atoms with Crippen LogP contribution < -0.4 is 5.84 Å². The van der Waals surface area contributed by atoms with Crippen LogP contribution in [0.5, 0.6) is 0 Å². The molecule has 0 bridgehead atoms. The van der Waals surface area contributed by atoms with Gasteiger partial charge < -0.3 is 5.84 Å². The molecular formula is C4H7ClN4S. The number of nitrogens with zero attached hydrogens (tertiary/aromatic N) is 3. The molecule has 0 saturated carbocycles. The van der Waals surface area contributed by atoms with Crippen LogP contribution in [0.3, 0.4) is 0 Å². The van der Waals surface area contributed by atoms with Gasteiger partial charge in [0.2, 0.25) is 5.16 Å². The minimum Gasteiger partial charge on any atom is -0.335 e. The summed E-state index contributed by atoms with van der Waals surface area (Å²) in [6.45, 7) is 0. The van der Waals surface area contributed by atoms with Crippen LogP contribution in [0, 0.1) is 0 Å². The zero-order valence-corrected chi connectivity index (χ0v) is 6.98. The number of nitrogen functional groups attached to an aromatic ring is 1. The van der Waals surface area contributed by atoms with Crippen molar-refractivity contribution < 1.29 is 0 Å². The largest absolute Gasteiger partial charge is 0.335 e. The summed E-state index contributed by atoms with van der Waals surface area (Å²) < 4.78 is 1.39. The van der Waals surface area contributed by atoms with Crippen molar-refractivity contribution in [3.63, 3.8) is 0 Å².